The molecular weight excluding hydrogens is 515 g/mol. The molecule has 0 atom stereocenters. The van der Waals surface area contributed by atoms with Crippen LogP contribution < -0.4 is 14.8 Å². The molecule has 9 nitrogen and oxygen atoms in total. The van der Waals surface area contributed by atoms with Gasteiger partial charge in [-0.05, 0) is 73.6 Å². The number of benzene rings is 2. The number of hydrogen-bond donors (Lipinski definition) is 1. The van der Waals surface area contributed by atoms with E-state index in [-0.39, 0.29) is 34.6 Å². The molecule has 0 aromatic heterocycles. The smallest absolute Gasteiger partial charge is 0.326 e. The Kier molecular flexibility index (Phi) is 9.31. The average Bonchev–Trinajstić information content (AvgIpc) is 3.07. The molecule has 0 spiro atoms. The summed E-state index contributed by atoms with van der Waals surface area (Å²) in [5.74, 6) is -1.92. The lowest BCUT2D eigenvalue weighted by molar-refractivity contribution is -0.146. The first-order valence-electron chi connectivity index (χ1n) is 10.8. The second kappa shape index (κ2) is 12.4. The van der Waals surface area contributed by atoms with Crippen LogP contribution in [0.1, 0.15) is 19.4 Å². The largest absolute Gasteiger partial charge is 0.490 e. The number of anilines is 1. The van der Waals surface area contributed by atoms with Gasteiger partial charge in [0.1, 0.15) is 12.4 Å². The van der Waals surface area contributed by atoms with Gasteiger partial charge in [0.05, 0.1) is 23.1 Å². The van der Waals surface area contributed by atoms with Gasteiger partial charge in [-0.15, -0.1) is 0 Å². The maximum absolute atomic E-state index is 13.0. The lowest BCUT2D eigenvalue weighted by Crippen LogP contribution is -2.34. The molecule has 2 aromatic rings. The number of nitrogens with one attached hydrogen (secondary N) is 1. The average molecular weight is 537 g/mol. The van der Waals surface area contributed by atoms with Crippen LogP contribution in [0.5, 0.6) is 11.5 Å². The molecule has 1 N–H and O–H groups in total. The number of esters is 1. The van der Waals surface area contributed by atoms with E-state index in [0.717, 1.165) is 4.90 Å². The fourth-order valence-electron chi connectivity index (χ4n) is 3.07. The Morgan fingerprint density at radius 3 is 2.50 bits per heavy atom. The molecule has 3 amide bonds. The Morgan fingerprint density at radius 2 is 1.83 bits per heavy atom. The van der Waals surface area contributed by atoms with Crippen LogP contribution in [0.15, 0.2) is 41.3 Å². The maximum Gasteiger partial charge on any atom is 0.326 e. The van der Waals surface area contributed by atoms with Crippen molar-refractivity contribution >= 4 is 58.1 Å². The minimum Gasteiger partial charge on any atom is -0.490 e. The van der Waals surface area contributed by atoms with Crippen molar-refractivity contribution in [3.63, 3.8) is 0 Å². The Morgan fingerprint density at radius 1 is 1.11 bits per heavy atom. The fraction of sp³-hybridized carbons (Fsp3) is 0.250. The topological polar surface area (TPSA) is 111 Å². The summed E-state index contributed by atoms with van der Waals surface area (Å²) in [6.45, 7) is 2.87. The van der Waals surface area contributed by atoms with Crippen LogP contribution in [0.25, 0.3) is 6.08 Å². The number of carbonyl (C=O) groups is 4. The highest BCUT2D eigenvalue weighted by Crippen LogP contribution is 2.39. The van der Waals surface area contributed by atoms with E-state index in [9.17, 15) is 23.6 Å². The molecule has 36 heavy (non-hydrogen) atoms. The van der Waals surface area contributed by atoms with Gasteiger partial charge >= 0.3 is 5.97 Å². The predicted octanol–water partition coefficient (Wildman–Crippen LogP) is 4.49. The molecular formula is C24H22ClFN2O7S. The van der Waals surface area contributed by atoms with E-state index in [2.05, 4.69) is 5.32 Å². The molecule has 3 rings (SSSR count). The lowest BCUT2D eigenvalue weighted by atomic mass is 10.1. The van der Waals surface area contributed by atoms with Crippen LogP contribution in [-0.2, 0) is 19.1 Å². The Balaban J connectivity index is 1.74. The number of rotatable bonds is 10. The van der Waals surface area contributed by atoms with Crippen molar-refractivity contribution in [3.8, 4) is 11.5 Å². The molecule has 1 aliphatic rings. The summed E-state index contributed by atoms with van der Waals surface area (Å²) in [6.07, 6.45) is 1.44. The van der Waals surface area contributed by atoms with Gasteiger partial charge in [-0.3, -0.25) is 24.1 Å². The molecule has 0 unspecified atom stereocenters. The fourth-order valence-corrected chi connectivity index (χ4v) is 4.18. The summed E-state index contributed by atoms with van der Waals surface area (Å²) < 4.78 is 29.0. The SMILES string of the molecule is CCOC(=O)CN1C(=O)S/C(=C/c2cc(Cl)c(OCC(=O)Nc3ccc(F)cc3)c(OCC)c2)C1=O. The Bertz CT molecular complexity index is 1200. The standard InChI is InChI=1S/C24H22ClFN2O7S/c1-3-33-18-10-14(11-19-23(31)28(24(32)36-19)12-21(30)34-4-2)9-17(25)22(18)35-13-20(29)27-16-7-5-15(26)6-8-16/h5-11H,3-4,12-13H2,1-2H3,(H,27,29)/b19-11+. The third-order valence-corrected chi connectivity index (χ3v) is 5.76. The number of carbonyl (C=O) groups excluding carboxylic acids is 4. The molecule has 1 fully saturated rings. The zero-order valence-electron chi connectivity index (χ0n) is 19.3. The highest BCUT2D eigenvalue weighted by molar-refractivity contribution is 8.18. The van der Waals surface area contributed by atoms with Gasteiger partial charge in [0.2, 0.25) is 0 Å². The number of thioether (sulfide) groups is 1. The highest BCUT2D eigenvalue weighted by atomic mass is 35.5. The van der Waals surface area contributed by atoms with Crippen LogP contribution in [-0.4, -0.2) is 54.3 Å². The minimum absolute atomic E-state index is 0.0927. The summed E-state index contributed by atoms with van der Waals surface area (Å²) in [6, 6.07) is 8.28. The molecule has 0 saturated carbocycles. The summed E-state index contributed by atoms with van der Waals surface area (Å²) in [5.41, 5.74) is 0.835. The molecule has 2 aromatic carbocycles. The van der Waals surface area contributed by atoms with E-state index >= 15 is 0 Å². The monoisotopic (exact) mass is 536 g/mol. The van der Waals surface area contributed by atoms with Gasteiger partial charge in [-0.25, -0.2) is 4.39 Å². The van der Waals surface area contributed by atoms with Gasteiger partial charge in [0.15, 0.2) is 18.1 Å². The third-order valence-electron chi connectivity index (χ3n) is 4.57. The van der Waals surface area contributed by atoms with E-state index in [0.29, 0.717) is 23.0 Å². The number of amides is 3. The Labute approximate surface area is 215 Å². The number of ether oxygens (including phenoxy) is 3. The molecule has 190 valence electrons. The van der Waals surface area contributed by atoms with Gasteiger partial charge < -0.3 is 19.5 Å². The van der Waals surface area contributed by atoms with E-state index in [4.69, 9.17) is 25.8 Å². The van der Waals surface area contributed by atoms with Crippen LogP contribution in [0.3, 0.4) is 0 Å². The van der Waals surface area contributed by atoms with Crippen molar-refractivity contribution in [2.75, 3.05) is 31.7 Å². The quantitative estimate of drug-likeness (QED) is 0.349. The van der Waals surface area contributed by atoms with Gasteiger partial charge in [0.25, 0.3) is 17.1 Å². The number of imide groups is 1. The van der Waals surface area contributed by atoms with E-state index in [1.165, 1.54) is 36.4 Å². The van der Waals surface area contributed by atoms with Crippen molar-refractivity contribution in [2.45, 2.75) is 13.8 Å². The molecule has 1 saturated heterocycles. The minimum atomic E-state index is -0.687. The van der Waals surface area contributed by atoms with E-state index in [1.807, 2.05) is 0 Å². The lowest BCUT2D eigenvalue weighted by Gasteiger charge is -2.14. The zero-order valence-corrected chi connectivity index (χ0v) is 20.9. The summed E-state index contributed by atoms with van der Waals surface area (Å²) in [4.78, 5) is 49.6. The summed E-state index contributed by atoms with van der Waals surface area (Å²) >= 11 is 7.06. The molecule has 0 bridgehead atoms. The van der Waals surface area contributed by atoms with Crippen LogP contribution >= 0.6 is 23.4 Å². The first kappa shape index (κ1) is 27.0. The van der Waals surface area contributed by atoms with E-state index < -0.39 is 42.0 Å². The van der Waals surface area contributed by atoms with Gasteiger partial charge in [0, 0.05) is 5.69 Å². The first-order valence-corrected chi connectivity index (χ1v) is 12.0. The van der Waals surface area contributed by atoms with Crippen molar-refractivity contribution in [1.82, 2.24) is 4.90 Å². The van der Waals surface area contributed by atoms with Crippen molar-refractivity contribution in [1.29, 1.82) is 0 Å². The zero-order chi connectivity index (χ0) is 26.2. The molecule has 1 aliphatic heterocycles. The van der Waals surface area contributed by atoms with Crippen molar-refractivity contribution < 1.29 is 37.8 Å². The number of hydrogen-bond acceptors (Lipinski definition) is 8. The van der Waals surface area contributed by atoms with Gasteiger partial charge in [-0.2, -0.15) is 0 Å². The number of nitrogens with zero attached hydrogens (tertiary/aromatic N) is 1. The number of halogens is 2. The molecule has 0 aliphatic carbocycles. The van der Waals surface area contributed by atoms with Crippen LogP contribution in [0.2, 0.25) is 5.02 Å². The molecule has 1 heterocycles. The highest BCUT2D eigenvalue weighted by Gasteiger charge is 2.36. The van der Waals surface area contributed by atoms with Gasteiger partial charge in [-0.1, -0.05) is 11.6 Å². The molecule has 0 radical (unpaired) electrons. The van der Waals surface area contributed by atoms with Crippen molar-refractivity contribution in [3.05, 3.63) is 57.7 Å². The van der Waals surface area contributed by atoms with E-state index in [1.54, 1.807) is 19.9 Å². The second-order valence-corrected chi connectivity index (χ2v) is 8.58. The summed E-state index contributed by atoms with van der Waals surface area (Å²) in [7, 11) is 0. The second-order valence-electron chi connectivity index (χ2n) is 7.18. The Hall–Kier alpha value is -3.57. The predicted molar refractivity (Wildman–Crippen MR) is 132 cm³/mol. The van der Waals surface area contributed by atoms with Crippen molar-refractivity contribution in [2.24, 2.45) is 0 Å². The normalized spacial score (nSPS) is 14.2. The van der Waals surface area contributed by atoms with Crippen LogP contribution in [0.4, 0.5) is 14.9 Å². The summed E-state index contributed by atoms with van der Waals surface area (Å²) in [5, 5.41) is 2.08. The van der Waals surface area contributed by atoms with Crippen LogP contribution in [0, 0.1) is 5.82 Å². The molecule has 12 heteroatoms. The first-order chi connectivity index (χ1) is 17.2. The maximum atomic E-state index is 13.0. The third kappa shape index (κ3) is 6.98.